The zero-order valence-electron chi connectivity index (χ0n) is 10.5. The molecule has 1 saturated heterocycles. The van der Waals surface area contributed by atoms with Gasteiger partial charge in [-0.2, -0.15) is 0 Å². The summed E-state index contributed by atoms with van der Waals surface area (Å²) >= 11 is 0. The van der Waals surface area contributed by atoms with E-state index in [9.17, 15) is 8.42 Å². The van der Waals surface area contributed by atoms with Gasteiger partial charge < -0.3 is 10.5 Å². The maximum atomic E-state index is 12.2. The van der Waals surface area contributed by atoms with Gasteiger partial charge in [-0.1, -0.05) is 12.1 Å². The van der Waals surface area contributed by atoms with Crippen LogP contribution in [0.2, 0.25) is 0 Å². The van der Waals surface area contributed by atoms with Gasteiger partial charge in [0.25, 0.3) is 0 Å². The smallest absolute Gasteiger partial charge is 0.156 e. The normalized spacial score (nSPS) is 24.3. The molecule has 0 amide bonds. The van der Waals surface area contributed by atoms with Crippen LogP contribution in [0.1, 0.15) is 18.9 Å². The number of benzene rings is 1. The summed E-state index contributed by atoms with van der Waals surface area (Å²) in [7, 11) is -3.07. The molecule has 0 aromatic heterocycles. The van der Waals surface area contributed by atoms with E-state index in [0.29, 0.717) is 25.1 Å². The van der Waals surface area contributed by atoms with Gasteiger partial charge in [-0.05, 0) is 37.5 Å². The molecular weight excluding hydrogens is 250 g/mol. The molecule has 2 rings (SSSR count). The average Bonchev–Trinajstić information content (AvgIpc) is 2.76. The van der Waals surface area contributed by atoms with Crippen molar-refractivity contribution in [2.75, 3.05) is 18.1 Å². The van der Waals surface area contributed by atoms with E-state index in [1.807, 2.05) is 19.1 Å². The van der Waals surface area contributed by atoms with E-state index >= 15 is 0 Å². The molecule has 1 aromatic rings. The van der Waals surface area contributed by atoms with Gasteiger partial charge in [0.2, 0.25) is 0 Å². The Morgan fingerprint density at radius 2 is 2.00 bits per heavy atom. The molecule has 100 valence electrons. The highest BCUT2D eigenvalue weighted by molar-refractivity contribution is 7.92. The number of nitrogen functional groups attached to an aromatic ring is 1. The van der Waals surface area contributed by atoms with Gasteiger partial charge >= 0.3 is 0 Å². The van der Waals surface area contributed by atoms with Crippen molar-refractivity contribution in [3.05, 3.63) is 29.8 Å². The molecule has 0 radical (unpaired) electrons. The fourth-order valence-electron chi connectivity index (χ4n) is 2.28. The quantitative estimate of drug-likeness (QED) is 0.839. The Bertz CT molecular complexity index is 495. The van der Waals surface area contributed by atoms with Crippen molar-refractivity contribution in [3.8, 4) is 0 Å². The van der Waals surface area contributed by atoms with Crippen LogP contribution in [-0.4, -0.2) is 32.1 Å². The number of rotatable bonds is 4. The zero-order valence-corrected chi connectivity index (χ0v) is 11.3. The summed E-state index contributed by atoms with van der Waals surface area (Å²) in [6, 6.07) is 7.34. The summed E-state index contributed by atoms with van der Waals surface area (Å²) in [5, 5.41) is -0.341. The molecule has 1 heterocycles. The Balaban J connectivity index is 1.98. The van der Waals surface area contributed by atoms with E-state index in [1.165, 1.54) is 0 Å². The Morgan fingerprint density at radius 3 is 2.56 bits per heavy atom. The van der Waals surface area contributed by atoms with E-state index in [4.69, 9.17) is 10.5 Å². The van der Waals surface area contributed by atoms with Crippen LogP contribution in [0.15, 0.2) is 24.3 Å². The third-order valence-corrected chi connectivity index (χ3v) is 5.74. The van der Waals surface area contributed by atoms with Crippen LogP contribution in [0.5, 0.6) is 0 Å². The Hall–Kier alpha value is -1.07. The first kappa shape index (κ1) is 13.4. The number of ether oxygens (including phenoxy) is 1. The third kappa shape index (κ3) is 3.03. The minimum Gasteiger partial charge on any atom is -0.399 e. The van der Waals surface area contributed by atoms with E-state index in [1.54, 1.807) is 12.1 Å². The van der Waals surface area contributed by atoms with Gasteiger partial charge in [0.15, 0.2) is 9.84 Å². The lowest BCUT2D eigenvalue weighted by Gasteiger charge is -2.14. The monoisotopic (exact) mass is 269 g/mol. The minimum absolute atomic E-state index is 0.176. The van der Waals surface area contributed by atoms with Gasteiger partial charge in [0.05, 0.1) is 17.1 Å². The van der Waals surface area contributed by atoms with Crippen LogP contribution in [0, 0.1) is 0 Å². The average molecular weight is 269 g/mol. The van der Waals surface area contributed by atoms with Crippen LogP contribution < -0.4 is 5.73 Å². The second kappa shape index (κ2) is 5.28. The lowest BCUT2D eigenvalue weighted by Crippen LogP contribution is -2.30. The van der Waals surface area contributed by atoms with Crippen molar-refractivity contribution < 1.29 is 13.2 Å². The summed E-state index contributed by atoms with van der Waals surface area (Å²) in [5.41, 5.74) is 7.28. The highest BCUT2D eigenvalue weighted by atomic mass is 32.2. The molecule has 1 aliphatic rings. The molecule has 1 aromatic carbocycles. The summed E-state index contributed by atoms with van der Waals surface area (Å²) < 4.78 is 29.7. The Labute approximate surface area is 108 Å². The fraction of sp³-hybridized carbons (Fsp3) is 0.538. The second-order valence-corrected chi connectivity index (χ2v) is 7.10. The first-order chi connectivity index (χ1) is 8.49. The summed E-state index contributed by atoms with van der Waals surface area (Å²) in [6.07, 6.45) is 0.971. The number of sulfone groups is 1. The SMILES string of the molecule is CC1OCCC1S(=O)(=O)CCc1ccc(N)cc1. The molecule has 2 unspecified atom stereocenters. The second-order valence-electron chi connectivity index (χ2n) is 4.76. The molecule has 1 aliphatic heterocycles. The number of hydrogen-bond donors (Lipinski definition) is 1. The molecule has 0 aliphatic carbocycles. The molecule has 4 nitrogen and oxygen atoms in total. The predicted molar refractivity (Wildman–Crippen MR) is 72.2 cm³/mol. The molecule has 2 N–H and O–H groups in total. The van der Waals surface area contributed by atoms with Crippen LogP contribution in [0.25, 0.3) is 0 Å². The van der Waals surface area contributed by atoms with E-state index in [2.05, 4.69) is 0 Å². The van der Waals surface area contributed by atoms with E-state index in [0.717, 1.165) is 5.56 Å². The van der Waals surface area contributed by atoms with Gasteiger partial charge in [-0.15, -0.1) is 0 Å². The van der Waals surface area contributed by atoms with Crippen LogP contribution in [-0.2, 0) is 21.0 Å². The van der Waals surface area contributed by atoms with Crippen molar-refractivity contribution in [2.24, 2.45) is 0 Å². The Kier molecular flexibility index (Phi) is 3.92. The molecule has 5 heteroatoms. The van der Waals surface area contributed by atoms with Crippen molar-refractivity contribution in [1.29, 1.82) is 0 Å². The molecule has 2 atom stereocenters. The zero-order chi connectivity index (χ0) is 13.2. The van der Waals surface area contributed by atoms with E-state index < -0.39 is 9.84 Å². The summed E-state index contributed by atoms with van der Waals surface area (Å²) in [5.74, 6) is 0.176. The molecule has 1 fully saturated rings. The third-order valence-electron chi connectivity index (χ3n) is 3.42. The van der Waals surface area contributed by atoms with Crippen molar-refractivity contribution in [3.63, 3.8) is 0 Å². The van der Waals surface area contributed by atoms with Gasteiger partial charge in [0, 0.05) is 12.3 Å². The predicted octanol–water partition coefficient (Wildman–Crippen LogP) is 1.40. The molecule has 0 spiro atoms. The van der Waals surface area contributed by atoms with Gasteiger partial charge in [0.1, 0.15) is 0 Å². The van der Waals surface area contributed by atoms with Crippen molar-refractivity contribution in [2.45, 2.75) is 31.1 Å². The summed E-state index contributed by atoms with van der Waals surface area (Å²) in [6.45, 7) is 2.38. The molecule has 0 bridgehead atoms. The number of aryl methyl sites for hydroxylation is 1. The van der Waals surface area contributed by atoms with Crippen molar-refractivity contribution >= 4 is 15.5 Å². The van der Waals surface area contributed by atoms with Gasteiger partial charge in [-0.3, -0.25) is 0 Å². The lowest BCUT2D eigenvalue weighted by molar-refractivity contribution is 0.126. The van der Waals surface area contributed by atoms with Crippen LogP contribution >= 0.6 is 0 Å². The molecule has 0 saturated carbocycles. The lowest BCUT2D eigenvalue weighted by atomic mass is 10.2. The highest BCUT2D eigenvalue weighted by Gasteiger charge is 2.35. The summed E-state index contributed by atoms with van der Waals surface area (Å²) in [4.78, 5) is 0. The number of anilines is 1. The minimum atomic E-state index is -3.07. The maximum absolute atomic E-state index is 12.2. The molecular formula is C13H19NO3S. The van der Waals surface area contributed by atoms with Crippen LogP contribution in [0.3, 0.4) is 0 Å². The Morgan fingerprint density at radius 1 is 1.33 bits per heavy atom. The van der Waals surface area contributed by atoms with E-state index in [-0.39, 0.29) is 17.1 Å². The maximum Gasteiger partial charge on any atom is 0.156 e. The fourth-order valence-corrected chi connectivity index (χ4v) is 4.22. The first-order valence-electron chi connectivity index (χ1n) is 6.16. The largest absolute Gasteiger partial charge is 0.399 e. The highest BCUT2D eigenvalue weighted by Crippen LogP contribution is 2.22. The standard InChI is InChI=1S/C13H19NO3S/c1-10-13(6-8-17-10)18(15,16)9-7-11-2-4-12(14)5-3-11/h2-5,10,13H,6-9,14H2,1H3. The van der Waals surface area contributed by atoms with Crippen molar-refractivity contribution in [1.82, 2.24) is 0 Å². The van der Waals surface area contributed by atoms with Crippen LogP contribution in [0.4, 0.5) is 5.69 Å². The molecule has 18 heavy (non-hydrogen) atoms. The van der Waals surface area contributed by atoms with Gasteiger partial charge in [-0.25, -0.2) is 8.42 Å². The number of hydrogen-bond acceptors (Lipinski definition) is 4. The number of nitrogens with two attached hydrogens (primary N) is 1. The first-order valence-corrected chi connectivity index (χ1v) is 7.88. The topological polar surface area (TPSA) is 69.4 Å².